The van der Waals surface area contributed by atoms with Gasteiger partial charge < -0.3 is 10.2 Å². The molecular weight excluding hydrogens is 336 g/mol. The van der Waals surface area contributed by atoms with Crippen LogP contribution in [0.15, 0.2) is 48.8 Å². The number of hydrogen-bond donors (Lipinski definition) is 1. The predicted octanol–water partition coefficient (Wildman–Crippen LogP) is 3.76. The van der Waals surface area contributed by atoms with Gasteiger partial charge in [0.1, 0.15) is 0 Å². The number of benzene rings is 1. The smallest absolute Gasteiger partial charge is 0.321 e. The first-order chi connectivity index (χ1) is 13.3. The summed E-state index contributed by atoms with van der Waals surface area (Å²) in [5, 5.41) is 3.07. The van der Waals surface area contributed by atoms with Crippen LogP contribution in [0.4, 0.5) is 10.5 Å². The highest BCUT2D eigenvalue weighted by molar-refractivity contribution is 5.89. The Kier molecular flexibility index (Phi) is 5.68. The molecule has 0 saturated carbocycles. The number of nitrogens with one attached hydrogen (secondary N) is 1. The Hall–Kier alpha value is -2.40. The van der Waals surface area contributed by atoms with E-state index in [9.17, 15) is 4.79 Å². The van der Waals surface area contributed by atoms with Crippen LogP contribution >= 0.6 is 0 Å². The van der Waals surface area contributed by atoms with Gasteiger partial charge in [0, 0.05) is 37.2 Å². The lowest BCUT2D eigenvalue weighted by molar-refractivity contribution is 0.132. The number of hydrogen-bond acceptors (Lipinski definition) is 3. The third kappa shape index (κ3) is 4.66. The first-order valence-corrected chi connectivity index (χ1v) is 10.1. The SMILES string of the molecule is O=C(Nc1ccc(Cc2ccncc2)cc1)N1CCC[C@H](N2CCCC2)C1. The first kappa shape index (κ1) is 18.0. The van der Waals surface area contributed by atoms with Crippen LogP contribution < -0.4 is 5.32 Å². The van der Waals surface area contributed by atoms with Gasteiger partial charge in [-0.1, -0.05) is 12.1 Å². The van der Waals surface area contributed by atoms with E-state index in [1.807, 2.05) is 41.6 Å². The summed E-state index contributed by atoms with van der Waals surface area (Å²) in [7, 11) is 0. The molecule has 1 aromatic carbocycles. The van der Waals surface area contributed by atoms with Crippen molar-refractivity contribution >= 4 is 11.7 Å². The maximum Gasteiger partial charge on any atom is 0.321 e. The van der Waals surface area contributed by atoms with Gasteiger partial charge in [0.2, 0.25) is 0 Å². The van der Waals surface area contributed by atoms with Crippen LogP contribution in [-0.4, -0.2) is 53.0 Å². The van der Waals surface area contributed by atoms with E-state index in [0.29, 0.717) is 6.04 Å². The topological polar surface area (TPSA) is 48.5 Å². The van der Waals surface area contributed by atoms with Gasteiger partial charge in [0.25, 0.3) is 0 Å². The molecule has 2 amide bonds. The van der Waals surface area contributed by atoms with Crippen LogP contribution in [-0.2, 0) is 6.42 Å². The van der Waals surface area contributed by atoms with Crippen molar-refractivity contribution in [3.8, 4) is 0 Å². The van der Waals surface area contributed by atoms with Gasteiger partial charge in [-0.05, 0) is 80.6 Å². The normalized spacial score (nSPS) is 20.6. The van der Waals surface area contributed by atoms with Gasteiger partial charge in [-0.3, -0.25) is 9.88 Å². The molecule has 5 nitrogen and oxygen atoms in total. The van der Waals surface area contributed by atoms with E-state index in [1.54, 1.807) is 0 Å². The van der Waals surface area contributed by atoms with E-state index >= 15 is 0 Å². The lowest BCUT2D eigenvalue weighted by Crippen LogP contribution is -2.50. The molecule has 27 heavy (non-hydrogen) atoms. The highest BCUT2D eigenvalue weighted by Crippen LogP contribution is 2.21. The summed E-state index contributed by atoms with van der Waals surface area (Å²) in [6.07, 6.45) is 9.42. The van der Waals surface area contributed by atoms with E-state index in [-0.39, 0.29) is 6.03 Å². The Bertz CT molecular complexity index is 741. The van der Waals surface area contributed by atoms with Crippen LogP contribution in [0.3, 0.4) is 0 Å². The van der Waals surface area contributed by atoms with Gasteiger partial charge in [0.05, 0.1) is 0 Å². The van der Waals surface area contributed by atoms with Crippen LogP contribution in [0.25, 0.3) is 0 Å². The lowest BCUT2D eigenvalue weighted by atomic mass is 10.0. The van der Waals surface area contributed by atoms with E-state index < -0.39 is 0 Å². The molecule has 0 unspecified atom stereocenters. The second-order valence-electron chi connectivity index (χ2n) is 7.64. The zero-order valence-corrected chi connectivity index (χ0v) is 15.8. The molecule has 2 aliphatic heterocycles. The van der Waals surface area contributed by atoms with Crippen molar-refractivity contribution in [1.29, 1.82) is 0 Å². The molecule has 142 valence electrons. The Morgan fingerprint density at radius 3 is 2.41 bits per heavy atom. The summed E-state index contributed by atoms with van der Waals surface area (Å²) in [5.74, 6) is 0. The third-order valence-electron chi connectivity index (χ3n) is 5.70. The number of aromatic nitrogens is 1. The van der Waals surface area contributed by atoms with Gasteiger partial charge in [-0.2, -0.15) is 0 Å². The zero-order valence-electron chi connectivity index (χ0n) is 15.8. The number of pyridine rings is 1. The van der Waals surface area contributed by atoms with Gasteiger partial charge >= 0.3 is 6.03 Å². The average molecular weight is 364 g/mol. The molecule has 4 rings (SSSR count). The number of nitrogens with zero attached hydrogens (tertiary/aromatic N) is 3. The van der Waals surface area contributed by atoms with Crippen molar-refractivity contribution in [2.75, 3.05) is 31.5 Å². The molecule has 1 atom stereocenters. The van der Waals surface area contributed by atoms with Gasteiger partial charge in [-0.25, -0.2) is 4.79 Å². The number of carbonyl (C=O) groups excluding carboxylic acids is 1. The van der Waals surface area contributed by atoms with Crippen LogP contribution in [0.2, 0.25) is 0 Å². The van der Waals surface area contributed by atoms with Crippen molar-refractivity contribution in [3.63, 3.8) is 0 Å². The van der Waals surface area contributed by atoms with Crippen LogP contribution in [0.1, 0.15) is 36.8 Å². The number of anilines is 1. The minimum atomic E-state index is 0.0285. The average Bonchev–Trinajstić information content (AvgIpc) is 3.25. The minimum absolute atomic E-state index is 0.0285. The lowest BCUT2D eigenvalue weighted by Gasteiger charge is -2.37. The van der Waals surface area contributed by atoms with E-state index in [4.69, 9.17) is 0 Å². The van der Waals surface area contributed by atoms with E-state index in [2.05, 4.69) is 27.3 Å². The zero-order chi connectivity index (χ0) is 18.5. The van der Waals surface area contributed by atoms with E-state index in [1.165, 1.54) is 43.5 Å². The fraction of sp³-hybridized carbons (Fsp3) is 0.455. The Labute approximate surface area is 161 Å². The van der Waals surface area contributed by atoms with Gasteiger partial charge in [-0.15, -0.1) is 0 Å². The van der Waals surface area contributed by atoms with Crippen molar-refractivity contribution in [1.82, 2.24) is 14.8 Å². The molecule has 0 spiro atoms. The molecule has 0 bridgehead atoms. The molecular formula is C22H28N4O. The maximum atomic E-state index is 12.7. The van der Waals surface area contributed by atoms with Crippen molar-refractivity contribution in [3.05, 3.63) is 59.9 Å². The van der Waals surface area contributed by atoms with Gasteiger partial charge in [0.15, 0.2) is 0 Å². The molecule has 2 fully saturated rings. The molecule has 1 N–H and O–H groups in total. The van der Waals surface area contributed by atoms with Crippen molar-refractivity contribution in [2.24, 2.45) is 0 Å². The van der Waals surface area contributed by atoms with Crippen LogP contribution in [0, 0.1) is 0 Å². The number of amides is 2. The summed E-state index contributed by atoms with van der Waals surface area (Å²) in [5.41, 5.74) is 3.33. The maximum absolute atomic E-state index is 12.7. The van der Waals surface area contributed by atoms with Crippen molar-refractivity contribution < 1.29 is 4.79 Å². The molecule has 0 aliphatic carbocycles. The highest BCUT2D eigenvalue weighted by Gasteiger charge is 2.29. The molecule has 3 heterocycles. The third-order valence-corrected chi connectivity index (χ3v) is 5.70. The molecule has 0 radical (unpaired) electrons. The summed E-state index contributed by atoms with van der Waals surface area (Å²) in [4.78, 5) is 21.3. The highest BCUT2D eigenvalue weighted by atomic mass is 16.2. The molecule has 5 heteroatoms. The number of urea groups is 1. The monoisotopic (exact) mass is 364 g/mol. The first-order valence-electron chi connectivity index (χ1n) is 10.1. The summed E-state index contributed by atoms with van der Waals surface area (Å²) >= 11 is 0. The number of carbonyl (C=O) groups is 1. The van der Waals surface area contributed by atoms with E-state index in [0.717, 1.165) is 31.6 Å². The summed E-state index contributed by atoms with van der Waals surface area (Å²) < 4.78 is 0. The summed E-state index contributed by atoms with van der Waals surface area (Å²) in [6, 6.07) is 12.8. The largest absolute Gasteiger partial charge is 0.323 e. The molecule has 2 aliphatic rings. The Morgan fingerprint density at radius 1 is 0.963 bits per heavy atom. The number of likely N-dealkylation sites (tertiary alicyclic amines) is 2. The van der Waals surface area contributed by atoms with Crippen LogP contribution in [0.5, 0.6) is 0 Å². The Morgan fingerprint density at radius 2 is 1.67 bits per heavy atom. The molecule has 2 aromatic rings. The van der Waals surface area contributed by atoms with Crippen molar-refractivity contribution in [2.45, 2.75) is 38.1 Å². The number of piperidine rings is 1. The predicted molar refractivity (Wildman–Crippen MR) is 108 cm³/mol. The fourth-order valence-corrected chi connectivity index (χ4v) is 4.19. The fourth-order valence-electron chi connectivity index (χ4n) is 4.19. The second-order valence-corrected chi connectivity index (χ2v) is 7.64. The Balaban J connectivity index is 1.32. The quantitative estimate of drug-likeness (QED) is 0.898. The molecule has 2 saturated heterocycles. The summed E-state index contributed by atoms with van der Waals surface area (Å²) in [6.45, 7) is 4.10. The molecule has 1 aromatic heterocycles. The standard InChI is InChI=1S/C22H28N4O/c27-22(26-15-3-4-21(17-26)25-13-1-2-14-25)24-20-7-5-18(6-8-20)16-19-9-11-23-12-10-19/h5-12,21H,1-4,13-17H2,(H,24,27)/t21-/m0/s1. The number of rotatable bonds is 4. The second kappa shape index (κ2) is 8.53. The minimum Gasteiger partial charge on any atom is -0.323 e.